The molecule has 0 atom stereocenters. The summed E-state index contributed by atoms with van der Waals surface area (Å²) in [7, 11) is 6.27. The minimum Gasteiger partial charge on any atom is -0.331 e. The Balaban J connectivity index is 3.21. The van der Waals surface area contributed by atoms with E-state index < -0.39 is 11.5 Å². The van der Waals surface area contributed by atoms with Crippen LogP contribution in [0.2, 0.25) is 0 Å². The van der Waals surface area contributed by atoms with Crippen LogP contribution in [0.25, 0.3) is 0 Å². The fourth-order valence-electron chi connectivity index (χ4n) is 0.668. The smallest absolute Gasteiger partial charge is 0.309 e. The Kier molecular flexibility index (Phi) is 4.28. The lowest BCUT2D eigenvalue weighted by Gasteiger charge is -2.22. The van der Waals surface area contributed by atoms with Gasteiger partial charge in [-0.1, -0.05) is 0 Å². The molecular weight excluding hydrogens is 150 g/mol. The van der Waals surface area contributed by atoms with E-state index >= 15 is 0 Å². The highest BCUT2D eigenvalue weighted by atomic mass is 32.2. The molecule has 0 aromatic heterocycles. The van der Waals surface area contributed by atoms with Crippen LogP contribution < -0.4 is 0 Å². The molecule has 0 aliphatic heterocycles. The summed E-state index contributed by atoms with van der Waals surface area (Å²) in [6.45, 7) is 0.991. The average molecular weight is 167 g/mol. The number of rotatable bonds is 4. The molecule has 0 saturated heterocycles. The first-order valence-electron chi connectivity index (χ1n) is 3.31. The Hall–Kier alpha value is 0.230. The van der Waals surface area contributed by atoms with Crippen LogP contribution in [0.5, 0.6) is 0 Å². The number of hydrogen-bond acceptors (Lipinski definition) is 2. The Bertz CT molecular complexity index is 90.2. The molecule has 10 heavy (non-hydrogen) atoms. The van der Waals surface area contributed by atoms with E-state index in [0.29, 0.717) is 5.75 Å². The zero-order valence-corrected chi connectivity index (χ0v) is 7.69. The molecule has 0 bridgehead atoms. The lowest BCUT2D eigenvalue weighted by atomic mass is 10.4. The lowest BCUT2D eigenvalue weighted by Crippen LogP contribution is -2.36. The van der Waals surface area contributed by atoms with Gasteiger partial charge in [-0.15, -0.1) is 0 Å². The first-order chi connectivity index (χ1) is 4.42. The summed E-state index contributed by atoms with van der Waals surface area (Å²) < 4.78 is 17.9. The topological polar surface area (TPSA) is 40.5 Å². The molecule has 0 heterocycles. The molecule has 0 amide bonds. The lowest BCUT2D eigenvalue weighted by molar-refractivity contribution is -0.870. The molecule has 62 valence electrons. The zero-order chi connectivity index (χ0) is 8.20. The Morgan fingerprint density at radius 1 is 1.20 bits per heavy atom. The summed E-state index contributed by atoms with van der Waals surface area (Å²) in [4.78, 5) is 0. The third-order valence-corrected chi connectivity index (χ3v) is 1.81. The molecule has 0 aromatic carbocycles. The van der Waals surface area contributed by atoms with Crippen LogP contribution in [-0.4, -0.2) is 47.0 Å². The molecule has 3 nitrogen and oxygen atoms in total. The zero-order valence-electron chi connectivity index (χ0n) is 6.87. The van der Waals surface area contributed by atoms with Crippen LogP contribution in [0.15, 0.2) is 0 Å². The van der Waals surface area contributed by atoms with Crippen molar-refractivity contribution in [1.29, 1.82) is 0 Å². The standard InChI is InChI=1S/C6H17NO2S/c1-7(2,3)5-4-6-10(8)9/h8-9H,4-6H2,1-3H3/q+2. The summed E-state index contributed by atoms with van der Waals surface area (Å²) >= 11 is -1.36. The average Bonchev–Trinajstić information content (AvgIpc) is 1.59. The summed E-state index contributed by atoms with van der Waals surface area (Å²) in [5.41, 5.74) is 0. The van der Waals surface area contributed by atoms with Gasteiger partial charge in [-0.05, 0) is 0 Å². The van der Waals surface area contributed by atoms with Crippen molar-refractivity contribution in [2.24, 2.45) is 0 Å². The van der Waals surface area contributed by atoms with Gasteiger partial charge in [0.1, 0.15) is 0 Å². The summed E-state index contributed by atoms with van der Waals surface area (Å²) in [6, 6.07) is 0. The molecule has 0 aliphatic carbocycles. The van der Waals surface area contributed by atoms with Crippen molar-refractivity contribution in [3.05, 3.63) is 0 Å². The molecule has 0 unspecified atom stereocenters. The van der Waals surface area contributed by atoms with E-state index in [4.69, 9.17) is 9.11 Å². The van der Waals surface area contributed by atoms with Crippen LogP contribution >= 0.6 is 0 Å². The largest absolute Gasteiger partial charge is 0.331 e. The van der Waals surface area contributed by atoms with Crippen molar-refractivity contribution in [3.8, 4) is 0 Å². The van der Waals surface area contributed by atoms with E-state index in [1.54, 1.807) is 0 Å². The van der Waals surface area contributed by atoms with E-state index in [-0.39, 0.29) is 0 Å². The minimum absolute atomic E-state index is 0.509. The van der Waals surface area contributed by atoms with E-state index in [2.05, 4.69) is 21.1 Å². The summed E-state index contributed by atoms with van der Waals surface area (Å²) in [6.07, 6.45) is 0.875. The second kappa shape index (κ2) is 4.18. The van der Waals surface area contributed by atoms with Gasteiger partial charge in [0.15, 0.2) is 5.75 Å². The van der Waals surface area contributed by atoms with Crippen LogP contribution in [0.3, 0.4) is 0 Å². The fraction of sp³-hybridized carbons (Fsp3) is 1.00. The van der Waals surface area contributed by atoms with Crippen molar-refractivity contribution >= 4 is 11.5 Å². The van der Waals surface area contributed by atoms with Crippen LogP contribution in [0.4, 0.5) is 0 Å². The van der Waals surface area contributed by atoms with Crippen LogP contribution in [0, 0.1) is 0 Å². The highest BCUT2D eigenvalue weighted by Crippen LogP contribution is 1.95. The van der Waals surface area contributed by atoms with Gasteiger partial charge < -0.3 is 4.48 Å². The normalized spacial score (nSPS) is 12.6. The van der Waals surface area contributed by atoms with E-state index in [1.807, 2.05) is 0 Å². The monoisotopic (exact) mass is 167 g/mol. The fourth-order valence-corrected chi connectivity index (χ4v) is 1.06. The third-order valence-electron chi connectivity index (χ3n) is 1.16. The maximum atomic E-state index is 8.53. The van der Waals surface area contributed by atoms with Gasteiger partial charge in [0.05, 0.1) is 27.7 Å². The molecule has 0 rings (SSSR count). The molecule has 0 aliphatic rings. The molecule has 0 spiro atoms. The SMILES string of the molecule is C[N+](C)(C)CCC[S+](O)O. The number of nitrogens with zero attached hydrogens (tertiary/aromatic N) is 1. The molecule has 0 aromatic rings. The predicted molar refractivity (Wildman–Crippen MR) is 45.0 cm³/mol. The van der Waals surface area contributed by atoms with Gasteiger partial charge in [0.25, 0.3) is 0 Å². The number of quaternary nitrogens is 1. The van der Waals surface area contributed by atoms with Gasteiger partial charge in [-0.25, -0.2) is 0 Å². The number of hydrogen-bond donors (Lipinski definition) is 2. The molecule has 2 N–H and O–H groups in total. The van der Waals surface area contributed by atoms with E-state index in [1.165, 1.54) is 0 Å². The molecule has 0 radical (unpaired) electrons. The first-order valence-corrected chi connectivity index (χ1v) is 4.62. The molecule has 0 fully saturated rings. The van der Waals surface area contributed by atoms with Crippen molar-refractivity contribution in [3.63, 3.8) is 0 Å². The highest BCUT2D eigenvalue weighted by Gasteiger charge is 2.13. The Morgan fingerprint density at radius 3 is 2.00 bits per heavy atom. The maximum Gasteiger partial charge on any atom is 0.309 e. The highest BCUT2D eigenvalue weighted by molar-refractivity contribution is 7.85. The third kappa shape index (κ3) is 8.23. The second-order valence-corrected chi connectivity index (χ2v) is 4.50. The van der Waals surface area contributed by atoms with Gasteiger partial charge in [0.2, 0.25) is 0 Å². The summed E-state index contributed by atoms with van der Waals surface area (Å²) in [5, 5.41) is 0. The summed E-state index contributed by atoms with van der Waals surface area (Å²) in [5.74, 6) is 0.509. The van der Waals surface area contributed by atoms with Crippen molar-refractivity contribution < 1.29 is 13.6 Å². The van der Waals surface area contributed by atoms with Gasteiger partial charge in [-0.2, -0.15) is 9.11 Å². The first kappa shape index (κ1) is 10.2. The molecule has 4 heteroatoms. The van der Waals surface area contributed by atoms with Crippen molar-refractivity contribution in [2.75, 3.05) is 33.4 Å². The quantitative estimate of drug-likeness (QED) is 0.477. The van der Waals surface area contributed by atoms with Crippen molar-refractivity contribution in [1.82, 2.24) is 0 Å². The molecular formula is C6H17NO2S+2. The van der Waals surface area contributed by atoms with E-state index in [9.17, 15) is 0 Å². The maximum absolute atomic E-state index is 8.53. The second-order valence-electron chi connectivity index (χ2n) is 3.41. The van der Waals surface area contributed by atoms with Gasteiger partial charge >= 0.3 is 11.5 Å². The van der Waals surface area contributed by atoms with E-state index in [0.717, 1.165) is 17.4 Å². The predicted octanol–water partition coefficient (Wildman–Crippen LogP) is 0.647. The van der Waals surface area contributed by atoms with Gasteiger partial charge in [-0.3, -0.25) is 0 Å². The van der Waals surface area contributed by atoms with Crippen LogP contribution in [-0.2, 0) is 11.5 Å². The van der Waals surface area contributed by atoms with Gasteiger partial charge in [0, 0.05) is 6.42 Å². The van der Waals surface area contributed by atoms with Crippen molar-refractivity contribution in [2.45, 2.75) is 6.42 Å². The molecule has 0 saturated carbocycles. The van der Waals surface area contributed by atoms with Crippen LogP contribution in [0.1, 0.15) is 6.42 Å². The Labute approximate surface area is 65.6 Å². The Morgan fingerprint density at radius 2 is 1.70 bits per heavy atom. The minimum atomic E-state index is -1.36.